The zero-order valence-electron chi connectivity index (χ0n) is 24.4. The second kappa shape index (κ2) is 15.2. The zero-order valence-corrected chi connectivity index (χ0v) is 26.8. The van der Waals surface area contributed by atoms with Gasteiger partial charge in [0.1, 0.15) is 10.9 Å². The fourth-order valence-corrected chi connectivity index (χ4v) is 5.74. The van der Waals surface area contributed by atoms with Gasteiger partial charge in [0.15, 0.2) is 0 Å². The van der Waals surface area contributed by atoms with Gasteiger partial charge in [0, 0.05) is 26.3 Å². The molecule has 45 heavy (non-hydrogen) atoms. The lowest BCUT2D eigenvalue weighted by molar-refractivity contribution is -0.116. The number of hydrogen-bond acceptors (Lipinski definition) is 4. The lowest BCUT2D eigenvalue weighted by Gasteiger charge is -2.18. The lowest BCUT2D eigenvalue weighted by Crippen LogP contribution is -2.30. The summed E-state index contributed by atoms with van der Waals surface area (Å²) in [4.78, 5) is 40.9. The summed E-state index contributed by atoms with van der Waals surface area (Å²) in [5.41, 5.74) is 4.46. The number of benzene rings is 5. The van der Waals surface area contributed by atoms with Crippen LogP contribution in [-0.2, 0) is 9.59 Å². The third kappa shape index (κ3) is 9.04. The van der Waals surface area contributed by atoms with Crippen LogP contribution in [0.3, 0.4) is 0 Å². The number of amides is 3. The number of carbonyl (C=O) groups is 3. The molecular formula is C37H30BrN3O3S. The Labute approximate surface area is 275 Å². The van der Waals surface area contributed by atoms with Gasteiger partial charge in [-0.15, -0.1) is 11.8 Å². The van der Waals surface area contributed by atoms with E-state index in [4.69, 9.17) is 0 Å². The molecule has 224 valence electrons. The van der Waals surface area contributed by atoms with Crippen LogP contribution in [0.15, 0.2) is 149 Å². The van der Waals surface area contributed by atoms with Crippen LogP contribution in [0.1, 0.15) is 32.3 Å². The maximum absolute atomic E-state index is 13.6. The molecule has 0 aromatic heterocycles. The molecular weight excluding hydrogens is 646 g/mol. The number of halogens is 1. The monoisotopic (exact) mass is 675 g/mol. The third-order valence-electron chi connectivity index (χ3n) is 6.72. The minimum atomic E-state index is -0.545. The second-order valence-corrected chi connectivity index (χ2v) is 12.3. The molecule has 5 aromatic rings. The predicted molar refractivity (Wildman–Crippen MR) is 186 cm³/mol. The molecule has 0 aliphatic heterocycles. The average Bonchev–Trinajstić information content (AvgIpc) is 3.06. The highest BCUT2D eigenvalue weighted by Gasteiger charge is 2.23. The van der Waals surface area contributed by atoms with Crippen LogP contribution in [0.4, 0.5) is 11.4 Å². The Morgan fingerprint density at radius 2 is 1.38 bits per heavy atom. The molecule has 0 bridgehead atoms. The number of hydrogen-bond donors (Lipinski definition) is 3. The Morgan fingerprint density at radius 3 is 2.07 bits per heavy atom. The Hall–Kier alpha value is -4.92. The summed E-state index contributed by atoms with van der Waals surface area (Å²) in [6.07, 6.45) is 1.63. The summed E-state index contributed by atoms with van der Waals surface area (Å²) in [6, 6.07) is 40.6. The minimum Gasteiger partial charge on any atom is -0.325 e. The third-order valence-corrected chi connectivity index (χ3v) is 8.49. The van der Waals surface area contributed by atoms with Gasteiger partial charge >= 0.3 is 0 Å². The maximum Gasteiger partial charge on any atom is 0.272 e. The Bertz CT molecular complexity index is 1810. The van der Waals surface area contributed by atoms with Gasteiger partial charge in [-0.1, -0.05) is 100 Å². The number of thioether (sulfide) groups is 1. The molecule has 1 atom stereocenters. The number of nitrogens with one attached hydrogen (secondary N) is 3. The summed E-state index contributed by atoms with van der Waals surface area (Å²) >= 11 is 4.81. The van der Waals surface area contributed by atoms with Gasteiger partial charge in [0.25, 0.3) is 11.8 Å². The molecule has 5 aromatic carbocycles. The van der Waals surface area contributed by atoms with Crippen LogP contribution in [0.5, 0.6) is 0 Å². The summed E-state index contributed by atoms with van der Waals surface area (Å²) in [7, 11) is 0. The SMILES string of the molecule is Cc1ccc(NC(=O)C(Sc2cccc(NC(=O)/C(=C/c3ccc(Br)cc3)NC(=O)c3ccccc3)c2)c2ccccc2)cc1. The van der Waals surface area contributed by atoms with Crippen molar-refractivity contribution < 1.29 is 14.4 Å². The van der Waals surface area contributed by atoms with E-state index in [9.17, 15) is 14.4 Å². The minimum absolute atomic E-state index is 0.0869. The van der Waals surface area contributed by atoms with Crippen molar-refractivity contribution in [3.8, 4) is 0 Å². The number of rotatable bonds is 10. The van der Waals surface area contributed by atoms with Gasteiger partial charge in [-0.3, -0.25) is 14.4 Å². The van der Waals surface area contributed by atoms with E-state index >= 15 is 0 Å². The molecule has 0 saturated heterocycles. The van der Waals surface area contributed by atoms with Crippen LogP contribution in [0, 0.1) is 6.92 Å². The van der Waals surface area contributed by atoms with Gasteiger partial charge in [0.2, 0.25) is 5.91 Å². The van der Waals surface area contributed by atoms with Crippen LogP contribution >= 0.6 is 27.7 Å². The summed E-state index contributed by atoms with van der Waals surface area (Å²) in [6.45, 7) is 2.00. The molecule has 0 heterocycles. The van der Waals surface area contributed by atoms with Crippen molar-refractivity contribution >= 4 is 62.9 Å². The highest BCUT2D eigenvalue weighted by molar-refractivity contribution is 9.10. The van der Waals surface area contributed by atoms with Gasteiger partial charge < -0.3 is 16.0 Å². The van der Waals surface area contributed by atoms with Crippen LogP contribution in [-0.4, -0.2) is 17.7 Å². The summed E-state index contributed by atoms with van der Waals surface area (Å²) in [5, 5.41) is 8.16. The van der Waals surface area contributed by atoms with Crippen molar-refractivity contribution in [2.75, 3.05) is 10.6 Å². The summed E-state index contributed by atoms with van der Waals surface area (Å²) < 4.78 is 0.898. The topological polar surface area (TPSA) is 87.3 Å². The van der Waals surface area contributed by atoms with E-state index in [0.717, 1.165) is 31.7 Å². The zero-order chi connectivity index (χ0) is 31.6. The normalized spacial score (nSPS) is 11.7. The molecule has 0 aliphatic rings. The Morgan fingerprint density at radius 1 is 0.711 bits per heavy atom. The fraction of sp³-hybridized carbons (Fsp3) is 0.0541. The average molecular weight is 677 g/mol. The van der Waals surface area contributed by atoms with Gasteiger partial charge in [-0.05, 0) is 78.7 Å². The molecule has 1 unspecified atom stereocenters. The molecule has 8 heteroatoms. The first-order chi connectivity index (χ1) is 21.8. The van der Waals surface area contributed by atoms with Gasteiger partial charge in [0.05, 0.1) is 0 Å². The smallest absolute Gasteiger partial charge is 0.272 e. The number of carbonyl (C=O) groups excluding carboxylic acids is 3. The van der Waals surface area contributed by atoms with E-state index in [1.807, 2.05) is 110 Å². The van der Waals surface area contributed by atoms with Crippen LogP contribution in [0.2, 0.25) is 0 Å². The van der Waals surface area contributed by atoms with Crippen molar-refractivity contribution in [1.82, 2.24) is 5.32 Å². The standard InChI is InChI=1S/C37H30BrN3O3S/c1-25-15-21-30(22-16-25)39-37(44)34(27-9-4-2-5-10-27)45-32-14-8-13-31(24-32)40-36(43)33(23-26-17-19-29(38)20-18-26)41-35(42)28-11-6-3-7-12-28/h2-24,34H,1H3,(H,39,44)(H,40,43)(H,41,42)/b33-23-. The van der Waals surface area contributed by atoms with E-state index < -0.39 is 17.1 Å². The van der Waals surface area contributed by atoms with Gasteiger partial charge in [-0.25, -0.2) is 0 Å². The summed E-state index contributed by atoms with van der Waals surface area (Å²) in [5.74, 6) is -1.04. The van der Waals surface area contributed by atoms with E-state index in [2.05, 4.69) is 31.9 Å². The molecule has 5 rings (SSSR count). The fourth-order valence-electron chi connectivity index (χ4n) is 4.40. The molecule has 0 fully saturated rings. The number of aryl methyl sites for hydroxylation is 1. The van der Waals surface area contributed by atoms with E-state index in [1.165, 1.54) is 11.8 Å². The predicted octanol–water partition coefficient (Wildman–Crippen LogP) is 8.64. The van der Waals surface area contributed by atoms with E-state index in [0.29, 0.717) is 11.3 Å². The molecule has 3 amide bonds. The molecule has 0 spiro atoms. The lowest BCUT2D eigenvalue weighted by atomic mass is 10.1. The van der Waals surface area contributed by atoms with Gasteiger partial charge in [-0.2, -0.15) is 0 Å². The van der Waals surface area contributed by atoms with Crippen molar-refractivity contribution in [3.63, 3.8) is 0 Å². The van der Waals surface area contributed by atoms with Crippen molar-refractivity contribution in [2.24, 2.45) is 0 Å². The first-order valence-corrected chi connectivity index (χ1v) is 15.9. The second-order valence-electron chi connectivity index (χ2n) is 10.2. The molecule has 0 aliphatic carbocycles. The first-order valence-electron chi connectivity index (χ1n) is 14.2. The molecule has 6 nitrogen and oxygen atoms in total. The van der Waals surface area contributed by atoms with Crippen LogP contribution in [0.25, 0.3) is 6.08 Å². The van der Waals surface area contributed by atoms with Crippen LogP contribution < -0.4 is 16.0 Å². The van der Waals surface area contributed by atoms with Crippen molar-refractivity contribution in [1.29, 1.82) is 0 Å². The largest absolute Gasteiger partial charge is 0.325 e. The quantitative estimate of drug-likeness (QED) is 0.102. The molecule has 3 N–H and O–H groups in total. The molecule has 0 radical (unpaired) electrons. The Balaban J connectivity index is 1.37. The Kier molecular flexibility index (Phi) is 10.6. The number of anilines is 2. The first kappa shape index (κ1) is 31.5. The van der Waals surface area contributed by atoms with E-state index in [-0.39, 0.29) is 11.6 Å². The highest BCUT2D eigenvalue weighted by Crippen LogP contribution is 2.37. The molecule has 0 saturated carbocycles. The van der Waals surface area contributed by atoms with Crippen molar-refractivity contribution in [2.45, 2.75) is 17.1 Å². The highest BCUT2D eigenvalue weighted by atomic mass is 79.9. The maximum atomic E-state index is 13.6. The van der Waals surface area contributed by atoms with Crippen molar-refractivity contribution in [3.05, 3.63) is 166 Å². The van der Waals surface area contributed by atoms with E-state index in [1.54, 1.807) is 36.4 Å².